The van der Waals surface area contributed by atoms with Gasteiger partial charge >= 0.3 is 12.3 Å². The standard InChI is InChI=1S/C22H13F5N2O4/c23-14-2-1-5-28-21(14)13(11-3-4-18(15(24)6-11)33-22(25,26)27)8-17(30)16-9-19-12(10-29-16)7-20(31)32-19/h1-6,9-10,13H,7-8H2/t13-/m0/s1. The lowest BCUT2D eigenvalue weighted by molar-refractivity contribution is -0.275. The first kappa shape index (κ1) is 22.3. The minimum absolute atomic E-state index is 0.000521. The summed E-state index contributed by atoms with van der Waals surface area (Å²) in [5, 5.41) is 0. The van der Waals surface area contributed by atoms with Crippen LogP contribution in [0.3, 0.4) is 0 Å². The van der Waals surface area contributed by atoms with Crippen LogP contribution in [-0.4, -0.2) is 28.1 Å². The zero-order chi connectivity index (χ0) is 23.8. The van der Waals surface area contributed by atoms with E-state index >= 15 is 0 Å². The lowest BCUT2D eigenvalue weighted by atomic mass is 9.89. The van der Waals surface area contributed by atoms with Crippen molar-refractivity contribution in [3.63, 3.8) is 0 Å². The number of aromatic nitrogens is 2. The smallest absolute Gasteiger partial charge is 0.426 e. The number of fused-ring (bicyclic) bond motifs is 1. The summed E-state index contributed by atoms with van der Waals surface area (Å²) in [7, 11) is 0. The zero-order valence-corrected chi connectivity index (χ0v) is 16.5. The van der Waals surface area contributed by atoms with E-state index in [1.807, 2.05) is 0 Å². The fourth-order valence-electron chi connectivity index (χ4n) is 3.42. The molecule has 0 radical (unpaired) electrons. The molecular weight excluding hydrogens is 451 g/mol. The number of benzene rings is 1. The first-order valence-electron chi connectivity index (χ1n) is 9.49. The Bertz CT molecular complexity index is 1250. The van der Waals surface area contributed by atoms with Gasteiger partial charge in [0.15, 0.2) is 17.3 Å². The van der Waals surface area contributed by atoms with E-state index in [1.54, 1.807) is 0 Å². The molecule has 11 heteroatoms. The van der Waals surface area contributed by atoms with Crippen molar-refractivity contribution in [2.24, 2.45) is 0 Å². The largest absolute Gasteiger partial charge is 0.573 e. The Morgan fingerprint density at radius 3 is 2.61 bits per heavy atom. The van der Waals surface area contributed by atoms with Gasteiger partial charge in [-0.25, -0.2) is 8.78 Å². The van der Waals surface area contributed by atoms with Crippen molar-refractivity contribution in [1.82, 2.24) is 9.97 Å². The van der Waals surface area contributed by atoms with E-state index in [1.165, 1.54) is 24.5 Å². The molecule has 1 atom stereocenters. The quantitative estimate of drug-likeness (QED) is 0.303. The molecule has 33 heavy (non-hydrogen) atoms. The van der Waals surface area contributed by atoms with E-state index in [9.17, 15) is 31.5 Å². The molecule has 0 spiro atoms. The summed E-state index contributed by atoms with van der Waals surface area (Å²) in [6, 6.07) is 6.23. The van der Waals surface area contributed by atoms with Crippen molar-refractivity contribution in [2.75, 3.05) is 0 Å². The van der Waals surface area contributed by atoms with Crippen LogP contribution in [0.15, 0.2) is 48.8 Å². The van der Waals surface area contributed by atoms with Crippen LogP contribution in [0.4, 0.5) is 22.0 Å². The van der Waals surface area contributed by atoms with Crippen LogP contribution in [0.2, 0.25) is 0 Å². The fourth-order valence-corrected chi connectivity index (χ4v) is 3.42. The second-order valence-electron chi connectivity index (χ2n) is 7.12. The third-order valence-electron chi connectivity index (χ3n) is 4.88. The molecule has 0 fully saturated rings. The summed E-state index contributed by atoms with van der Waals surface area (Å²) in [4.78, 5) is 32.3. The second-order valence-corrected chi connectivity index (χ2v) is 7.12. The summed E-state index contributed by atoms with van der Waals surface area (Å²) in [6.45, 7) is 0. The van der Waals surface area contributed by atoms with Crippen molar-refractivity contribution in [3.05, 3.63) is 82.9 Å². The van der Waals surface area contributed by atoms with Gasteiger partial charge in [0, 0.05) is 36.4 Å². The molecule has 2 aromatic heterocycles. The molecule has 0 N–H and O–H groups in total. The first-order valence-corrected chi connectivity index (χ1v) is 9.49. The molecule has 1 aliphatic heterocycles. The zero-order valence-electron chi connectivity index (χ0n) is 16.5. The van der Waals surface area contributed by atoms with Crippen LogP contribution in [0.1, 0.15) is 39.6 Å². The van der Waals surface area contributed by atoms with E-state index in [0.717, 1.165) is 24.3 Å². The highest BCUT2D eigenvalue weighted by Gasteiger charge is 2.33. The maximum absolute atomic E-state index is 14.5. The molecular formula is C22H13F5N2O4. The molecule has 4 rings (SSSR count). The number of halogens is 5. The second kappa shape index (κ2) is 8.57. The predicted octanol–water partition coefficient (Wildman–Crippen LogP) is 4.52. The summed E-state index contributed by atoms with van der Waals surface area (Å²) < 4.78 is 74.8. The summed E-state index contributed by atoms with van der Waals surface area (Å²) >= 11 is 0. The summed E-state index contributed by atoms with van der Waals surface area (Å²) in [6.07, 6.45) is -2.95. The highest BCUT2D eigenvalue weighted by molar-refractivity contribution is 5.96. The number of ketones is 1. The highest BCUT2D eigenvalue weighted by atomic mass is 19.4. The normalized spacial score (nSPS) is 13.9. The van der Waals surface area contributed by atoms with Gasteiger partial charge in [-0.05, 0) is 29.8 Å². The van der Waals surface area contributed by atoms with Gasteiger partial charge in [-0.1, -0.05) is 6.07 Å². The van der Waals surface area contributed by atoms with Crippen molar-refractivity contribution >= 4 is 11.8 Å². The average molecular weight is 464 g/mol. The third kappa shape index (κ3) is 4.97. The Morgan fingerprint density at radius 1 is 1.12 bits per heavy atom. The third-order valence-corrected chi connectivity index (χ3v) is 4.88. The molecule has 0 bridgehead atoms. The van der Waals surface area contributed by atoms with Gasteiger partial charge < -0.3 is 9.47 Å². The molecule has 0 unspecified atom stereocenters. The summed E-state index contributed by atoms with van der Waals surface area (Å²) in [5.41, 5.74) is 0.219. The van der Waals surface area contributed by atoms with Crippen LogP contribution < -0.4 is 9.47 Å². The first-order chi connectivity index (χ1) is 15.6. The predicted molar refractivity (Wildman–Crippen MR) is 102 cm³/mol. The number of rotatable bonds is 6. The van der Waals surface area contributed by atoms with Gasteiger partial charge in [0.2, 0.25) is 0 Å². The van der Waals surface area contributed by atoms with Gasteiger partial charge in [0.05, 0.1) is 12.1 Å². The SMILES string of the molecule is O=C1Cc2cnc(C(=O)C[C@@H](c3ccc(OC(F)(F)F)c(F)c3)c3ncccc3F)cc2O1. The van der Waals surface area contributed by atoms with Crippen molar-refractivity contribution < 1.29 is 41.0 Å². The monoisotopic (exact) mass is 464 g/mol. The number of pyridine rings is 2. The number of esters is 1. The number of Topliss-reactive ketones (excluding diaryl/α,β-unsaturated/α-hetero) is 1. The Hall–Kier alpha value is -3.89. The van der Waals surface area contributed by atoms with Crippen molar-refractivity contribution in [3.8, 4) is 11.5 Å². The van der Waals surface area contributed by atoms with Gasteiger partial charge in [-0.2, -0.15) is 0 Å². The number of hydrogen-bond donors (Lipinski definition) is 0. The van der Waals surface area contributed by atoms with E-state index in [0.29, 0.717) is 5.56 Å². The number of carbonyl (C=O) groups is 2. The molecule has 1 aromatic carbocycles. The number of alkyl halides is 3. The maximum atomic E-state index is 14.5. The number of ether oxygens (including phenoxy) is 2. The van der Waals surface area contributed by atoms with Crippen LogP contribution >= 0.6 is 0 Å². The average Bonchev–Trinajstić information content (AvgIpc) is 3.12. The van der Waals surface area contributed by atoms with E-state index in [-0.39, 0.29) is 29.1 Å². The van der Waals surface area contributed by atoms with Crippen LogP contribution in [0.5, 0.6) is 11.5 Å². The van der Waals surface area contributed by atoms with E-state index in [2.05, 4.69) is 14.7 Å². The molecule has 3 heterocycles. The number of carbonyl (C=O) groups excluding carboxylic acids is 2. The maximum Gasteiger partial charge on any atom is 0.573 e. The van der Waals surface area contributed by atoms with Gasteiger partial charge in [0.25, 0.3) is 0 Å². The molecule has 0 aliphatic carbocycles. The minimum atomic E-state index is -5.10. The molecule has 1 aliphatic rings. The van der Waals surface area contributed by atoms with Crippen LogP contribution in [0, 0.1) is 11.6 Å². The lowest BCUT2D eigenvalue weighted by Crippen LogP contribution is -2.18. The van der Waals surface area contributed by atoms with Gasteiger partial charge in [-0.3, -0.25) is 19.6 Å². The highest BCUT2D eigenvalue weighted by Crippen LogP contribution is 2.34. The molecule has 0 saturated heterocycles. The van der Waals surface area contributed by atoms with E-state index < -0.39 is 47.8 Å². The summed E-state index contributed by atoms with van der Waals surface area (Å²) in [5.74, 6) is -5.28. The van der Waals surface area contributed by atoms with Crippen LogP contribution in [0.25, 0.3) is 0 Å². The Labute approximate surface area is 183 Å². The Kier molecular flexibility index (Phi) is 5.79. The van der Waals surface area contributed by atoms with Crippen molar-refractivity contribution in [2.45, 2.75) is 25.1 Å². The van der Waals surface area contributed by atoms with Crippen LogP contribution in [-0.2, 0) is 11.2 Å². The molecule has 0 amide bonds. The number of nitrogens with zero attached hydrogens (tertiary/aromatic N) is 2. The Morgan fingerprint density at radius 2 is 1.91 bits per heavy atom. The fraction of sp³-hybridized carbons (Fsp3) is 0.182. The van der Waals surface area contributed by atoms with Gasteiger partial charge in [-0.15, -0.1) is 13.2 Å². The van der Waals surface area contributed by atoms with E-state index in [4.69, 9.17) is 4.74 Å². The molecule has 3 aromatic rings. The molecule has 6 nitrogen and oxygen atoms in total. The molecule has 170 valence electrons. The lowest BCUT2D eigenvalue weighted by Gasteiger charge is -2.18. The Balaban J connectivity index is 1.68. The minimum Gasteiger partial charge on any atom is -0.426 e. The number of hydrogen-bond acceptors (Lipinski definition) is 6. The van der Waals surface area contributed by atoms with Crippen molar-refractivity contribution in [1.29, 1.82) is 0 Å². The molecule has 0 saturated carbocycles. The van der Waals surface area contributed by atoms with Gasteiger partial charge in [0.1, 0.15) is 17.3 Å². The topological polar surface area (TPSA) is 78.4 Å².